The number of nitrogens with one attached hydrogen (secondary N) is 1. The van der Waals surface area contributed by atoms with Gasteiger partial charge in [0.2, 0.25) is 10.0 Å². The van der Waals surface area contributed by atoms with Crippen LogP contribution in [0, 0.1) is 0 Å². The van der Waals surface area contributed by atoms with Gasteiger partial charge < -0.3 is 5.11 Å². The second-order valence-corrected chi connectivity index (χ2v) is 8.19. The fourth-order valence-electron chi connectivity index (χ4n) is 2.41. The monoisotopic (exact) mass is 329 g/mol. The molecule has 0 spiro atoms. The molecule has 0 radical (unpaired) electrons. The standard InChI is InChI=1S/C14H19NO4S2/c16-14(17)7-6-11-8-12(20-10-11)9-15-21(18,19)13-4-2-1-3-5-13/h6-8,10,13,15H,1-5,9H2,(H,16,17). The summed E-state index contributed by atoms with van der Waals surface area (Å²) in [5, 5.41) is 10.1. The van der Waals surface area contributed by atoms with E-state index in [9.17, 15) is 13.2 Å². The highest BCUT2D eigenvalue weighted by Crippen LogP contribution is 2.23. The second-order valence-electron chi connectivity index (χ2n) is 5.14. The number of carboxylic acid groups (broad SMARTS) is 1. The van der Waals surface area contributed by atoms with Crippen molar-refractivity contribution in [1.29, 1.82) is 0 Å². The highest BCUT2D eigenvalue weighted by Gasteiger charge is 2.26. The number of rotatable bonds is 6. The Bertz CT molecular complexity index is 613. The zero-order valence-electron chi connectivity index (χ0n) is 11.6. The molecule has 0 aromatic carbocycles. The quantitative estimate of drug-likeness (QED) is 0.786. The van der Waals surface area contributed by atoms with Crippen molar-refractivity contribution in [3.63, 3.8) is 0 Å². The number of thiophene rings is 1. The maximum Gasteiger partial charge on any atom is 0.328 e. The van der Waals surface area contributed by atoms with Gasteiger partial charge in [-0.05, 0) is 35.9 Å². The molecule has 116 valence electrons. The van der Waals surface area contributed by atoms with Crippen LogP contribution in [-0.4, -0.2) is 24.7 Å². The SMILES string of the molecule is O=C(O)C=Cc1csc(CNS(=O)(=O)C2CCCCC2)c1. The van der Waals surface area contributed by atoms with Crippen LogP contribution in [0.1, 0.15) is 42.5 Å². The summed E-state index contributed by atoms with van der Waals surface area (Å²) in [6.07, 6.45) is 7.13. The van der Waals surface area contributed by atoms with E-state index in [-0.39, 0.29) is 11.8 Å². The van der Waals surface area contributed by atoms with Gasteiger partial charge in [-0.3, -0.25) is 0 Å². The first-order chi connectivity index (χ1) is 9.97. The second kappa shape index (κ2) is 7.20. The Balaban J connectivity index is 1.91. The maximum atomic E-state index is 12.2. The van der Waals surface area contributed by atoms with Crippen molar-refractivity contribution in [2.24, 2.45) is 0 Å². The van der Waals surface area contributed by atoms with Crippen molar-refractivity contribution in [1.82, 2.24) is 4.72 Å². The number of carboxylic acids is 1. The van der Waals surface area contributed by atoms with Gasteiger partial charge in [0.15, 0.2) is 0 Å². The van der Waals surface area contributed by atoms with Crippen molar-refractivity contribution in [3.05, 3.63) is 28.0 Å². The first kappa shape index (κ1) is 16.2. The van der Waals surface area contributed by atoms with E-state index >= 15 is 0 Å². The molecule has 21 heavy (non-hydrogen) atoms. The summed E-state index contributed by atoms with van der Waals surface area (Å²) in [5.41, 5.74) is 0.772. The van der Waals surface area contributed by atoms with Crippen molar-refractivity contribution in [2.75, 3.05) is 0 Å². The molecule has 7 heteroatoms. The van der Waals surface area contributed by atoms with Gasteiger partial charge in [-0.15, -0.1) is 11.3 Å². The zero-order chi connectivity index (χ0) is 15.3. The maximum absolute atomic E-state index is 12.2. The molecule has 1 aromatic heterocycles. The van der Waals surface area contributed by atoms with Gasteiger partial charge >= 0.3 is 5.97 Å². The Morgan fingerprint density at radius 1 is 1.38 bits per heavy atom. The third-order valence-electron chi connectivity index (χ3n) is 3.53. The Hall–Kier alpha value is -1.18. The van der Waals surface area contributed by atoms with Crippen LogP contribution in [0.2, 0.25) is 0 Å². The smallest absolute Gasteiger partial charge is 0.328 e. The fourth-order valence-corrected chi connectivity index (χ4v) is 4.84. The summed E-state index contributed by atoms with van der Waals surface area (Å²) in [4.78, 5) is 11.3. The van der Waals surface area contributed by atoms with E-state index in [0.717, 1.165) is 48.6 Å². The molecular weight excluding hydrogens is 310 g/mol. The number of carbonyl (C=O) groups is 1. The number of aliphatic carboxylic acids is 1. The van der Waals surface area contributed by atoms with Crippen LogP contribution < -0.4 is 4.72 Å². The first-order valence-electron chi connectivity index (χ1n) is 6.94. The van der Waals surface area contributed by atoms with Crippen molar-refractivity contribution in [3.8, 4) is 0 Å². The molecule has 1 heterocycles. The molecule has 0 bridgehead atoms. The minimum atomic E-state index is -3.25. The third-order valence-corrected chi connectivity index (χ3v) is 6.38. The van der Waals surface area contributed by atoms with Crippen LogP contribution in [0.5, 0.6) is 0 Å². The Morgan fingerprint density at radius 2 is 2.10 bits per heavy atom. The number of hydrogen-bond acceptors (Lipinski definition) is 4. The Kier molecular flexibility index (Phi) is 5.55. The lowest BCUT2D eigenvalue weighted by molar-refractivity contribution is -0.131. The molecule has 2 rings (SSSR count). The van der Waals surface area contributed by atoms with Gasteiger partial charge in [0.25, 0.3) is 0 Å². The van der Waals surface area contributed by atoms with Gasteiger partial charge in [0.05, 0.1) is 5.25 Å². The predicted molar refractivity (Wildman–Crippen MR) is 83.6 cm³/mol. The molecule has 1 aliphatic carbocycles. The average Bonchev–Trinajstić information content (AvgIpc) is 2.92. The van der Waals surface area contributed by atoms with E-state index in [1.165, 1.54) is 17.4 Å². The van der Waals surface area contributed by atoms with E-state index in [2.05, 4.69) is 4.72 Å². The first-order valence-corrected chi connectivity index (χ1v) is 9.37. The van der Waals surface area contributed by atoms with Crippen LogP contribution in [0.3, 0.4) is 0 Å². The molecule has 1 aliphatic rings. The molecule has 2 N–H and O–H groups in total. The highest BCUT2D eigenvalue weighted by molar-refractivity contribution is 7.90. The zero-order valence-corrected chi connectivity index (χ0v) is 13.3. The lowest BCUT2D eigenvalue weighted by atomic mass is 10.0. The molecule has 0 unspecified atom stereocenters. The van der Waals surface area contributed by atoms with Gasteiger partial charge in [-0.25, -0.2) is 17.9 Å². The summed E-state index contributed by atoms with van der Waals surface area (Å²) in [5.74, 6) is -0.999. The molecule has 0 atom stereocenters. The van der Waals surface area contributed by atoms with Crippen LogP contribution in [0.4, 0.5) is 0 Å². The molecule has 1 saturated carbocycles. The van der Waals surface area contributed by atoms with Crippen LogP contribution in [-0.2, 0) is 21.4 Å². The molecule has 0 saturated heterocycles. The van der Waals surface area contributed by atoms with Crippen LogP contribution in [0.25, 0.3) is 6.08 Å². The van der Waals surface area contributed by atoms with Gasteiger partial charge in [-0.2, -0.15) is 0 Å². The summed E-state index contributed by atoms with van der Waals surface area (Å²) in [7, 11) is -3.25. The normalized spacial score (nSPS) is 17.3. The van der Waals surface area contributed by atoms with E-state index in [1.807, 2.05) is 5.38 Å². The lowest BCUT2D eigenvalue weighted by Gasteiger charge is -2.21. The third kappa shape index (κ3) is 4.94. The summed E-state index contributed by atoms with van der Waals surface area (Å²) in [6, 6.07) is 1.80. The summed E-state index contributed by atoms with van der Waals surface area (Å²) >= 11 is 1.42. The van der Waals surface area contributed by atoms with Crippen LogP contribution in [0.15, 0.2) is 17.5 Å². The fraction of sp³-hybridized carbons (Fsp3) is 0.500. The average molecular weight is 329 g/mol. The minimum Gasteiger partial charge on any atom is -0.478 e. The van der Waals surface area contributed by atoms with Gasteiger partial charge in [-0.1, -0.05) is 19.3 Å². The Morgan fingerprint density at radius 3 is 2.76 bits per heavy atom. The Labute approximate surface area is 128 Å². The van der Waals surface area contributed by atoms with Crippen molar-refractivity contribution >= 4 is 33.4 Å². The lowest BCUT2D eigenvalue weighted by Crippen LogP contribution is -2.35. The molecular formula is C14H19NO4S2. The van der Waals surface area contributed by atoms with E-state index in [1.54, 1.807) is 6.07 Å². The summed E-state index contributed by atoms with van der Waals surface area (Å²) in [6.45, 7) is 0.268. The molecule has 0 aliphatic heterocycles. The van der Waals surface area contributed by atoms with Crippen LogP contribution >= 0.6 is 11.3 Å². The topological polar surface area (TPSA) is 83.5 Å². The summed E-state index contributed by atoms with van der Waals surface area (Å²) < 4.78 is 27.0. The molecule has 1 aromatic rings. The van der Waals surface area contributed by atoms with Gasteiger partial charge in [0, 0.05) is 17.5 Å². The molecule has 0 amide bonds. The van der Waals surface area contributed by atoms with E-state index in [4.69, 9.17) is 5.11 Å². The van der Waals surface area contributed by atoms with Crippen molar-refractivity contribution in [2.45, 2.75) is 43.9 Å². The van der Waals surface area contributed by atoms with Crippen molar-refractivity contribution < 1.29 is 18.3 Å². The predicted octanol–water partition coefficient (Wildman–Crippen LogP) is 2.60. The van der Waals surface area contributed by atoms with E-state index in [0.29, 0.717) is 0 Å². The van der Waals surface area contributed by atoms with Gasteiger partial charge in [0.1, 0.15) is 0 Å². The number of hydrogen-bond donors (Lipinski definition) is 2. The molecule has 5 nitrogen and oxygen atoms in total. The number of sulfonamides is 1. The molecule has 1 fully saturated rings. The minimum absolute atomic E-state index is 0.266. The van der Waals surface area contributed by atoms with E-state index < -0.39 is 16.0 Å². The largest absolute Gasteiger partial charge is 0.478 e. The highest BCUT2D eigenvalue weighted by atomic mass is 32.2.